The van der Waals surface area contributed by atoms with E-state index in [0.717, 1.165) is 32.2 Å². The van der Waals surface area contributed by atoms with Gasteiger partial charge in [-0.05, 0) is 32.5 Å². The van der Waals surface area contributed by atoms with Crippen molar-refractivity contribution < 1.29 is 14.3 Å². The molecule has 1 aliphatic heterocycles. The molecule has 0 bridgehead atoms. The van der Waals surface area contributed by atoms with E-state index in [-0.39, 0.29) is 23.8 Å². The summed E-state index contributed by atoms with van der Waals surface area (Å²) in [5.41, 5.74) is 1.37. The number of carbonyl (C=O) groups excluding carboxylic acids is 2. The van der Waals surface area contributed by atoms with Crippen LogP contribution in [-0.4, -0.2) is 30.9 Å². The van der Waals surface area contributed by atoms with Gasteiger partial charge in [0.1, 0.15) is 0 Å². The number of ether oxygens (including phenoxy) is 1. The van der Waals surface area contributed by atoms with Crippen molar-refractivity contribution in [1.82, 2.24) is 4.90 Å². The number of hydrogen-bond acceptors (Lipinski definition) is 4. The fraction of sp³-hybridized carbons (Fsp3) is 0.529. The van der Waals surface area contributed by atoms with Crippen LogP contribution in [0.3, 0.4) is 0 Å². The van der Waals surface area contributed by atoms with Crippen molar-refractivity contribution in [3.8, 4) is 0 Å². The summed E-state index contributed by atoms with van der Waals surface area (Å²) in [6, 6.07) is 10.5. The van der Waals surface area contributed by atoms with Crippen molar-refractivity contribution in [2.45, 2.75) is 32.2 Å². The molecule has 4 nitrogen and oxygen atoms in total. The molecule has 4 heteroatoms. The number of carbonyl (C=O) groups is 2. The first-order valence-corrected chi connectivity index (χ1v) is 7.52. The highest BCUT2D eigenvalue weighted by Crippen LogP contribution is 2.36. The Morgan fingerprint density at radius 1 is 1.00 bits per heavy atom. The zero-order valence-electron chi connectivity index (χ0n) is 12.7. The van der Waals surface area contributed by atoms with Gasteiger partial charge in [-0.15, -0.1) is 0 Å². The van der Waals surface area contributed by atoms with Crippen LogP contribution in [0.1, 0.15) is 31.2 Å². The summed E-state index contributed by atoms with van der Waals surface area (Å²) in [7, 11) is 4.15. The van der Waals surface area contributed by atoms with Gasteiger partial charge in [-0.2, -0.15) is 0 Å². The largest absolute Gasteiger partial charge is 0.393 e. The maximum Gasteiger partial charge on any atom is 0.317 e. The van der Waals surface area contributed by atoms with Crippen LogP contribution >= 0.6 is 0 Å². The monoisotopic (exact) mass is 289 g/mol. The first-order valence-electron chi connectivity index (χ1n) is 7.52. The summed E-state index contributed by atoms with van der Waals surface area (Å²) < 4.78 is 4.53. The molecule has 2 fully saturated rings. The minimum absolute atomic E-state index is 0.101. The molecule has 1 saturated carbocycles. The highest BCUT2D eigenvalue weighted by Gasteiger charge is 2.44. The van der Waals surface area contributed by atoms with Crippen LogP contribution in [0.5, 0.6) is 0 Å². The molecule has 21 heavy (non-hydrogen) atoms. The molecule has 3 rings (SSSR count). The number of esters is 2. The quantitative estimate of drug-likeness (QED) is 0.620. The summed E-state index contributed by atoms with van der Waals surface area (Å²) in [5.74, 6) is -0.785. The van der Waals surface area contributed by atoms with Crippen molar-refractivity contribution in [3.63, 3.8) is 0 Å². The number of hydrogen-bond donors (Lipinski definition) is 0. The van der Waals surface area contributed by atoms with Crippen LogP contribution in [0.2, 0.25) is 0 Å². The molecule has 2 atom stereocenters. The second-order valence-electron chi connectivity index (χ2n) is 5.96. The summed E-state index contributed by atoms with van der Waals surface area (Å²) in [5, 5.41) is 0. The molecule has 2 unspecified atom stereocenters. The molecule has 114 valence electrons. The van der Waals surface area contributed by atoms with Crippen molar-refractivity contribution in [2.24, 2.45) is 11.8 Å². The Bertz CT molecular complexity index is 462. The number of rotatable bonds is 2. The van der Waals surface area contributed by atoms with E-state index >= 15 is 0 Å². The lowest BCUT2D eigenvalue weighted by molar-refractivity contribution is -0.153. The van der Waals surface area contributed by atoms with Crippen molar-refractivity contribution >= 4 is 11.9 Å². The first kappa shape index (κ1) is 15.7. The molecule has 0 spiro atoms. The van der Waals surface area contributed by atoms with Gasteiger partial charge in [0.05, 0.1) is 11.8 Å². The zero-order chi connectivity index (χ0) is 15.2. The highest BCUT2D eigenvalue weighted by atomic mass is 16.6. The van der Waals surface area contributed by atoms with Gasteiger partial charge in [-0.3, -0.25) is 9.59 Å². The molecular weight excluding hydrogens is 266 g/mol. The molecule has 1 aliphatic carbocycles. The lowest BCUT2D eigenvalue weighted by Crippen LogP contribution is -2.21. The summed E-state index contributed by atoms with van der Waals surface area (Å²) in [4.78, 5) is 24.1. The Labute approximate surface area is 126 Å². The second kappa shape index (κ2) is 7.36. The molecule has 1 aromatic rings. The fourth-order valence-electron chi connectivity index (χ4n) is 2.89. The third-order valence-corrected chi connectivity index (χ3v) is 3.91. The highest BCUT2D eigenvalue weighted by molar-refractivity contribution is 5.96. The van der Waals surface area contributed by atoms with Gasteiger partial charge in [-0.25, -0.2) is 0 Å². The van der Waals surface area contributed by atoms with Gasteiger partial charge < -0.3 is 9.64 Å². The molecule has 1 aromatic carbocycles. The Balaban J connectivity index is 0.000000155. The first-order chi connectivity index (χ1) is 10.1. The molecular formula is C17H23NO3. The maximum atomic E-state index is 11.0. The molecule has 1 saturated heterocycles. The third-order valence-electron chi connectivity index (χ3n) is 3.91. The Morgan fingerprint density at radius 3 is 2.00 bits per heavy atom. The van der Waals surface area contributed by atoms with Crippen LogP contribution in [0.4, 0.5) is 0 Å². The molecule has 0 amide bonds. The average Bonchev–Trinajstić information content (AvgIpc) is 2.76. The van der Waals surface area contributed by atoms with Crippen LogP contribution in [0.15, 0.2) is 30.3 Å². The van der Waals surface area contributed by atoms with E-state index in [2.05, 4.69) is 48.0 Å². The van der Waals surface area contributed by atoms with Crippen LogP contribution < -0.4 is 0 Å². The zero-order valence-corrected chi connectivity index (χ0v) is 12.7. The summed E-state index contributed by atoms with van der Waals surface area (Å²) >= 11 is 0. The molecule has 2 aliphatic rings. The average molecular weight is 289 g/mol. The molecule has 0 aromatic heterocycles. The van der Waals surface area contributed by atoms with E-state index in [1.54, 1.807) is 0 Å². The van der Waals surface area contributed by atoms with E-state index in [1.807, 2.05) is 6.07 Å². The number of benzene rings is 1. The maximum absolute atomic E-state index is 11.0. The van der Waals surface area contributed by atoms with E-state index in [1.165, 1.54) is 5.56 Å². The minimum atomic E-state index is -0.292. The van der Waals surface area contributed by atoms with E-state index in [4.69, 9.17) is 0 Å². The van der Waals surface area contributed by atoms with Crippen LogP contribution in [0, 0.1) is 11.8 Å². The molecule has 0 radical (unpaired) electrons. The van der Waals surface area contributed by atoms with Gasteiger partial charge in [0, 0.05) is 6.54 Å². The SMILES string of the molecule is CN(C)Cc1ccccc1.O=C1OC(=O)C2CCCCC12. The fourth-order valence-corrected chi connectivity index (χ4v) is 2.89. The standard InChI is InChI=1S/C9H13N.C8H10O3/c1-10(2)8-9-6-4-3-5-7-9;9-7-5-3-1-2-4-6(5)8(10)11-7/h3-7H,8H2,1-2H3;5-6H,1-4H2. The second-order valence-corrected chi connectivity index (χ2v) is 5.96. The predicted molar refractivity (Wildman–Crippen MR) is 80.4 cm³/mol. The lowest BCUT2D eigenvalue weighted by Gasteiger charge is -2.18. The van der Waals surface area contributed by atoms with Crippen molar-refractivity contribution in [3.05, 3.63) is 35.9 Å². The number of fused-ring (bicyclic) bond motifs is 1. The van der Waals surface area contributed by atoms with E-state index < -0.39 is 0 Å². The predicted octanol–water partition coefficient (Wildman–Crippen LogP) is 2.62. The summed E-state index contributed by atoms with van der Waals surface area (Å²) in [6.07, 6.45) is 3.80. The Morgan fingerprint density at radius 2 is 1.52 bits per heavy atom. The smallest absolute Gasteiger partial charge is 0.317 e. The topological polar surface area (TPSA) is 46.6 Å². The van der Waals surface area contributed by atoms with Gasteiger partial charge in [0.25, 0.3) is 0 Å². The van der Waals surface area contributed by atoms with Gasteiger partial charge in [0.2, 0.25) is 0 Å². The number of nitrogens with zero attached hydrogens (tertiary/aromatic N) is 1. The van der Waals surface area contributed by atoms with Crippen LogP contribution in [0.25, 0.3) is 0 Å². The van der Waals surface area contributed by atoms with Gasteiger partial charge >= 0.3 is 11.9 Å². The third kappa shape index (κ3) is 4.39. The van der Waals surface area contributed by atoms with E-state index in [0.29, 0.717) is 0 Å². The molecule has 0 N–H and O–H groups in total. The summed E-state index contributed by atoms with van der Waals surface area (Å²) in [6.45, 7) is 1.03. The van der Waals surface area contributed by atoms with Gasteiger partial charge in [0.15, 0.2) is 0 Å². The Hall–Kier alpha value is -1.68. The van der Waals surface area contributed by atoms with Gasteiger partial charge in [-0.1, -0.05) is 43.2 Å². The van der Waals surface area contributed by atoms with Crippen LogP contribution in [-0.2, 0) is 20.9 Å². The van der Waals surface area contributed by atoms with E-state index in [9.17, 15) is 9.59 Å². The minimum Gasteiger partial charge on any atom is -0.393 e. The molecule has 1 heterocycles. The normalized spacial score (nSPS) is 24.1. The number of cyclic esters (lactones) is 2. The van der Waals surface area contributed by atoms with Crippen molar-refractivity contribution in [1.29, 1.82) is 0 Å². The lowest BCUT2D eigenvalue weighted by atomic mass is 9.81. The Kier molecular flexibility index (Phi) is 5.51. The van der Waals surface area contributed by atoms with Crippen molar-refractivity contribution in [2.75, 3.05) is 14.1 Å².